The van der Waals surface area contributed by atoms with Crippen LogP contribution >= 0.6 is 23.4 Å². The maximum absolute atomic E-state index is 6.13. The number of nitrogens with zero attached hydrogens (tertiary/aromatic N) is 3. The minimum atomic E-state index is 0.454. The average molecular weight is 277 g/mol. The van der Waals surface area contributed by atoms with E-state index < -0.39 is 0 Å². The van der Waals surface area contributed by atoms with Crippen molar-refractivity contribution < 1.29 is 0 Å². The van der Waals surface area contributed by atoms with E-state index in [1.165, 1.54) is 11.8 Å². The molecule has 2 aromatic heterocycles. The van der Waals surface area contributed by atoms with E-state index >= 15 is 0 Å². The number of hydrogen-bond acceptors (Lipinski definition) is 4. The van der Waals surface area contributed by atoms with Gasteiger partial charge in [0.15, 0.2) is 5.65 Å². The summed E-state index contributed by atoms with van der Waals surface area (Å²) < 4.78 is 1.85. The zero-order valence-electron chi connectivity index (χ0n) is 9.25. The third-order valence-corrected chi connectivity index (χ3v) is 3.89. The molecule has 0 radical (unpaired) electrons. The Labute approximate surface area is 113 Å². The van der Waals surface area contributed by atoms with E-state index in [9.17, 15) is 0 Å². The van der Waals surface area contributed by atoms with Crippen LogP contribution in [0.1, 0.15) is 0 Å². The van der Waals surface area contributed by atoms with Gasteiger partial charge in [0.1, 0.15) is 10.8 Å². The molecule has 90 valence electrons. The van der Waals surface area contributed by atoms with Crippen molar-refractivity contribution in [2.24, 2.45) is 0 Å². The van der Waals surface area contributed by atoms with E-state index in [4.69, 9.17) is 17.3 Å². The largest absolute Gasteiger partial charge is 0.382 e. The predicted molar refractivity (Wildman–Crippen MR) is 73.0 cm³/mol. The molecule has 3 aromatic rings. The zero-order chi connectivity index (χ0) is 12.5. The molecule has 0 saturated carbocycles. The number of benzene rings is 1. The number of imidazole rings is 1. The lowest BCUT2D eigenvalue weighted by Gasteiger charge is -2.05. The molecule has 0 spiro atoms. The highest BCUT2D eigenvalue weighted by atomic mass is 35.5. The number of aromatic nitrogens is 3. The second-order valence-electron chi connectivity index (χ2n) is 3.66. The van der Waals surface area contributed by atoms with Gasteiger partial charge in [-0.3, -0.25) is 0 Å². The molecule has 2 N–H and O–H groups in total. The molecule has 0 saturated heterocycles. The number of nitrogen functional groups attached to an aromatic ring is 1. The summed E-state index contributed by atoms with van der Waals surface area (Å²) in [5, 5.41) is 1.43. The molecule has 4 nitrogen and oxygen atoms in total. The number of anilines is 1. The van der Waals surface area contributed by atoms with Gasteiger partial charge < -0.3 is 10.1 Å². The molecule has 2 heterocycles. The summed E-state index contributed by atoms with van der Waals surface area (Å²) in [6, 6.07) is 7.61. The molecule has 0 unspecified atom stereocenters. The van der Waals surface area contributed by atoms with Crippen molar-refractivity contribution in [1.82, 2.24) is 14.4 Å². The molecule has 0 aliphatic heterocycles. The van der Waals surface area contributed by atoms with Crippen molar-refractivity contribution in [3.8, 4) is 0 Å². The lowest BCUT2D eigenvalue weighted by molar-refractivity contribution is 1.04. The monoisotopic (exact) mass is 276 g/mol. The van der Waals surface area contributed by atoms with Crippen molar-refractivity contribution in [3.05, 3.63) is 47.9 Å². The standard InChI is InChI=1S/C12H9ClN4S/c13-8-3-1-2-4-9(8)18-12-11-15-5-6-17(11)7-10(14)16-12/h1-7H,14H2. The van der Waals surface area contributed by atoms with E-state index in [0.29, 0.717) is 10.8 Å². The molecular weight excluding hydrogens is 268 g/mol. The molecule has 0 amide bonds. The highest BCUT2D eigenvalue weighted by Crippen LogP contribution is 2.33. The van der Waals surface area contributed by atoms with Crippen LogP contribution in [0, 0.1) is 0 Å². The van der Waals surface area contributed by atoms with Crippen LogP contribution in [0.4, 0.5) is 5.82 Å². The third-order valence-electron chi connectivity index (χ3n) is 2.41. The first-order chi connectivity index (χ1) is 8.74. The normalized spacial score (nSPS) is 10.9. The van der Waals surface area contributed by atoms with Crippen LogP contribution < -0.4 is 5.73 Å². The molecular formula is C12H9ClN4S. The first-order valence-electron chi connectivity index (χ1n) is 5.25. The molecule has 3 rings (SSSR count). The van der Waals surface area contributed by atoms with Crippen LogP contribution in [0.15, 0.2) is 52.8 Å². The smallest absolute Gasteiger partial charge is 0.170 e. The van der Waals surface area contributed by atoms with E-state index in [1.807, 2.05) is 34.9 Å². The van der Waals surface area contributed by atoms with Gasteiger partial charge in [0, 0.05) is 17.3 Å². The van der Waals surface area contributed by atoms with Gasteiger partial charge in [-0.25, -0.2) is 9.97 Å². The third kappa shape index (κ3) is 2.02. The van der Waals surface area contributed by atoms with Crippen molar-refractivity contribution >= 4 is 34.8 Å². The summed E-state index contributed by atoms with van der Waals surface area (Å²) in [6.45, 7) is 0. The quantitative estimate of drug-likeness (QED) is 0.781. The Hall–Kier alpha value is -1.72. The minimum absolute atomic E-state index is 0.454. The van der Waals surface area contributed by atoms with Crippen LogP contribution in [0.3, 0.4) is 0 Å². The van der Waals surface area contributed by atoms with Crippen molar-refractivity contribution in [3.63, 3.8) is 0 Å². The Morgan fingerprint density at radius 1 is 1.28 bits per heavy atom. The van der Waals surface area contributed by atoms with Crippen LogP contribution in [-0.4, -0.2) is 14.4 Å². The molecule has 0 aliphatic rings. The Morgan fingerprint density at radius 2 is 2.11 bits per heavy atom. The first kappa shape index (κ1) is 11.4. The minimum Gasteiger partial charge on any atom is -0.382 e. The Balaban J connectivity index is 2.10. The molecule has 1 aromatic carbocycles. The zero-order valence-corrected chi connectivity index (χ0v) is 10.8. The fraction of sp³-hybridized carbons (Fsp3) is 0. The van der Waals surface area contributed by atoms with Crippen LogP contribution in [0.2, 0.25) is 5.02 Å². The average Bonchev–Trinajstić information content (AvgIpc) is 2.80. The number of hydrogen-bond donors (Lipinski definition) is 1. The van der Waals surface area contributed by atoms with Gasteiger partial charge in [-0.1, -0.05) is 35.5 Å². The SMILES string of the molecule is Nc1cn2ccnc2c(Sc2ccccc2Cl)n1. The van der Waals surface area contributed by atoms with Gasteiger partial charge in [0.2, 0.25) is 0 Å². The maximum atomic E-state index is 6.13. The number of rotatable bonds is 2. The number of fused-ring (bicyclic) bond motifs is 1. The first-order valence-corrected chi connectivity index (χ1v) is 6.45. The van der Waals surface area contributed by atoms with E-state index in [1.54, 1.807) is 12.4 Å². The Morgan fingerprint density at radius 3 is 2.94 bits per heavy atom. The van der Waals surface area contributed by atoms with Crippen LogP contribution in [0.25, 0.3) is 5.65 Å². The van der Waals surface area contributed by atoms with Gasteiger partial charge in [0.25, 0.3) is 0 Å². The highest BCUT2D eigenvalue weighted by molar-refractivity contribution is 7.99. The van der Waals surface area contributed by atoms with E-state index in [-0.39, 0.29) is 0 Å². The van der Waals surface area contributed by atoms with E-state index in [2.05, 4.69) is 9.97 Å². The second kappa shape index (κ2) is 4.51. The molecule has 18 heavy (non-hydrogen) atoms. The summed E-state index contributed by atoms with van der Waals surface area (Å²) in [4.78, 5) is 9.51. The molecule has 0 bridgehead atoms. The number of halogens is 1. The van der Waals surface area contributed by atoms with Gasteiger partial charge in [-0.2, -0.15) is 0 Å². The molecule has 0 aliphatic carbocycles. The Bertz CT molecular complexity index is 710. The van der Waals surface area contributed by atoms with Gasteiger partial charge in [0.05, 0.1) is 11.2 Å². The summed E-state index contributed by atoms with van der Waals surface area (Å²) in [7, 11) is 0. The van der Waals surface area contributed by atoms with Crippen LogP contribution in [-0.2, 0) is 0 Å². The van der Waals surface area contributed by atoms with Crippen molar-refractivity contribution in [2.45, 2.75) is 9.92 Å². The van der Waals surface area contributed by atoms with Gasteiger partial charge >= 0.3 is 0 Å². The lowest BCUT2D eigenvalue weighted by Crippen LogP contribution is -1.97. The Kier molecular flexibility index (Phi) is 2.85. The van der Waals surface area contributed by atoms with Crippen LogP contribution in [0.5, 0.6) is 0 Å². The summed E-state index contributed by atoms with van der Waals surface area (Å²) in [5.41, 5.74) is 6.54. The molecule has 0 fully saturated rings. The van der Waals surface area contributed by atoms with Crippen molar-refractivity contribution in [1.29, 1.82) is 0 Å². The van der Waals surface area contributed by atoms with Gasteiger partial charge in [-0.05, 0) is 12.1 Å². The fourth-order valence-electron chi connectivity index (χ4n) is 1.62. The van der Waals surface area contributed by atoms with Crippen molar-refractivity contribution in [2.75, 3.05) is 5.73 Å². The lowest BCUT2D eigenvalue weighted by atomic mass is 10.4. The second-order valence-corrected chi connectivity index (χ2v) is 5.10. The highest BCUT2D eigenvalue weighted by Gasteiger charge is 2.09. The summed E-state index contributed by atoms with van der Waals surface area (Å²) >= 11 is 7.59. The number of nitrogens with two attached hydrogens (primary N) is 1. The maximum Gasteiger partial charge on any atom is 0.170 e. The molecule has 0 atom stereocenters. The summed E-state index contributed by atoms with van der Waals surface area (Å²) in [5.74, 6) is 0.454. The van der Waals surface area contributed by atoms with E-state index in [0.717, 1.165) is 15.6 Å². The predicted octanol–water partition coefficient (Wildman–Crippen LogP) is 3.12. The molecule has 6 heteroatoms. The topological polar surface area (TPSA) is 56.2 Å². The fourth-order valence-corrected chi connectivity index (χ4v) is 2.79. The van der Waals surface area contributed by atoms with Gasteiger partial charge in [-0.15, -0.1) is 0 Å². The summed E-state index contributed by atoms with van der Waals surface area (Å²) in [6.07, 6.45) is 5.29.